The number of aromatic amines is 2. The van der Waals surface area contributed by atoms with Gasteiger partial charge in [0.1, 0.15) is 0 Å². The lowest BCUT2D eigenvalue weighted by molar-refractivity contribution is 1.03. The summed E-state index contributed by atoms with van der Waals surface area (Å²) in [5, 5.41) is 0. The lowest BCUT2D eigenvalue weighted by Gasteiger charge is -2.19. The van der Waals surface area contributed by atoms with Crippen molar-refractivity contribution >= 4 is 62.5 Å². The second-order valence-corrected chi connectivity index (χ2v) is 29.9. The van der Waals surface area contributed by atoms with Crippen molar-refractivity contribution in [1.29, 1.82) is 0 Å². The van der Waals surface area contributed by atoms with E-state index in [4.69, 9.17) is 9.97 Å². The largest absolute Gasteiger partial charge is 0.354 e. The van der Waals surface area contributed by atoms with E-state index in [9.17, 15) is 0 Å². The molecule has 7 aromatic rings. The van der Waals surface area contributed by atoms with Gasteiger partial charge in [0.15, 0.2) is 0 Å². The van der Waals surface area contributed by atoms with E-state index in [0.717, 1.165) is 91.2 Å². The SMILES string of the molecule is C[Si](C)(C)CCc1c(CC[Si](C)(C)C)c2[nH]c1c(-c1ccccc1)c1nc(c(-c3ccccc3)c3ccc([nH]3)c(-c3ccccc3)c3nc(c2-c2ccccc2)C=C3)C=C1. The lowest BCUT2D eigenvalue weighted by atomic mass is 9.96. The van der Waals surface area contributed by atoms with Gasteiger partial charge in [0.2, 0.25) is 0 Å². The molecule has 5 heterocycles. The minimum atomic E-state index is -1.45. The number of aryl methyl sites for hydroxylation is 2. The number of nitrogens with one attached hydrogen (secondary N) is 2. The number of rotatable bonds is 10. The van der Waals surface area contributed by atoms with Crippen LogP contribution in [0.25, 0.3) is 90.9 Å². The molecule has 4 nitrogen and oxygen atoms in total. The molecule has 9 rings (SSSR count). The molecule has 8 bridgehead atoms. The van der Waals surface area contributed by atoms with Gasteiger partial charge in [-0.15, -0.1) is 0 Å². The van der Waals surface area contributed by atoms with Crippen molar-refractivity contribution in [2.24, 2.45) is 0 Å². The zero-order chi connectivity index (χ0) is 41.4. The predicted molar refractivity (Wildman–Crippen MR) is 264 cm³/mol. The molecule has 3 aromatic heterocycles. The van der Waals surface area contributed by atoms with E-state index in [0.29, 0.717) is 0 Å². The third kappa shape index (κ3) is 8.10. The molecule has 6 heteroatoms. The Morgan fingerprint density at radius 1 is 0.367 bits per heavy atom. The first-order chi connectivity index (χ1) is 29.0. The van der Waals surface area contributed by atoms with Crippen LogP contribution in [-0.4, -0.2) is 36.1 Å². The van der Waals surface area contributed by atoms with Crippen molar-refractivity contribution in [2.45, 2.75) is 64.2 Å². The minimum Gasteiger partial charge on any atom is -0.354 e. The molecular formula is C54H54N4Si2. The van der Waals surface area contributed by atoms with Crippen molar-refractivity contribution in [1.82, 2.24) is 19.9 Å². The molecule has 4 aromatic carbocycles. The van der Waals surface area contributed by atoms with E-state index in [-0.39, 0.29) is 0 Å². The van der Waals surface area contributed by atoms with Gasteiger partial charge < -0.3 is 9.97 Å². The summed E-state index contributed by atoms with van der Waals surface area (Å²) in [6, 6.07) is 50.0. The summed E-state index contributed by atoms with van der Waals surface area (Å²) >= 11 is 0. The fourth-order valence-corrected chi connectivity index (χ4v) is 10.7. The van der Waals surface area contributed by atoms with E-state index < -0.39 is 16.1 Å². The maximum absolute atomic E-state index is 5.63. The quantitative estimate of drug-likeness (QED) is 0.135. The van der Waals surface area contributed by atoms with Gasteiger partial charge in [-0.05, 0) is 82.7 Å². The Bertz CT molecular complexity index is 2710. The fraction of sp³-hybridized carbons (Fsp3) is 0.185. The highest BCUT2D eigenvalue weighted by atomic mass is 28.3. The molecule has 0 radical (unpaired) electrons. The summed E-state index contributed by atoms with van der Waals surface area (Å²) in [6.45, 7) is 15.0. The van der Waals surface area contributed by atoms with Crippen LogP contribution in [0.5, 0.6) is 0 Å². The summed E-state index contributed by atoms with van der Waals surface area (Å²) in [7, 11) is -2.91. The van der Waals surface area contributed by atoms with E-state index in [1.807, 2.05) is 0 Å². The summed E-state index contributed by atoms with van der Waals surface area (Å²) in [4.78, 5) is 19.4. The Balaban J connectivity index is 1.54. The number of nitrogens with zero attached hydrogens (tertiary/aromatic N) is 2. The highest BCUT2D eigenvalue weighted by molar-refractivity contribution is 6.76. The predicted octanol–water partition coefficient (Wildman–Crippen LogP) is 15.1. The molecule has 0 aliphatic carbocycles. The van der Waals surface area contributed by atoms with Gasteiger partial charge in [-0.3, -0.25) is 0 Å². The fourth-order valence-electron chi connectivity index (χ4n) is 8.67. The van der Waals surface area contributed by atoms with Crippen molar-refractivity contribution in [3.05, 3.63) is 167 Å². The Morgan fingerprint density at radius 2 is 0.667 bits per heavy atom. The monoisotopic (exact) mass is 814 g/mol. The van der Waals surface area contributed by atoms with Gasteiger partial charge in [-0.1, -0.05) is 173 Å². The van der Waals surface area contributed by atoms with Crippen LogP contribution < -0.4 is 0 Å². The number of H-pyrrole nitrogens is 2. The first-order valence-electron chi connectivity index (χ1n) is 21.4. The van der Waals surface area contributed by atoms with Crippen LogP contribution in [0, 0.1) is 0 Å². The summed E-state index contributed by atoms with van der Waals surface area (Å²) < 4.78 is 0. The second kappa shape index (κ2) is 16.2. The van der Waals surface area contributed by atoms with Crippen LogP contribution in [-0.2, 0) is 12.8 Å². The first-order valence-corrected chi connectivity index (χ1v) is 28.8. The standard InChI is InChI=1S/C54H54N4Si2/c1-59(2,3)35-33-41-42(34-36-60(4,5)6)54-52(40-25-17-10-18-26-40)48-32-30-46(57-48)50(38-21-13-8-14-22-38)44-28-27-43(55-44)49(37-19-11-7-12-20-37)45-29-31-47(56-45)51(53(41)58-54)39-23-15-9-16-24-39/h7-32,55,58H,33-36H2,1-6H3. The van der Waals surface area contributed by atoms with Crippen molar-refractivity contribution in [2.75, 3.05) is 0 Å². The van der Waals surface area contributed by atoms with Crippen molar-refractivity contribution in [3.63, 3.8) is 0 Å². The van der Waals surface area contributed by atoms with Crippen LogP contribution in [0.1, 0.15) is 33.9 Å². The molecule has 0 fully saturated rings. The molecule has 2 N–H and O–H groups in total. The normalized spacial score (nSPS) is 12.6. The van der Waals surface area contributed by atoms with Crippen LogP contribution in [0.15, 0.2) is 133 Å². The smallest absolute Gasteiger partial charge is 0.0737 e. The van der Waals surface area contributed by atoms with Gasteiger partial charge >= 0.3 is 0 Å². The van der Waals surface area contributed by atoms with E-state index in [2.05, 4.69) is 207 Å². The molecule has 0 saturated heterocycles. The molecule has 2 aliphatic rings. The number of hydrogen-bond donors (Lipinski definition) is 2. The Kier molecular flexibility index (Phi) is 10.6. The maximum atomic E-state index is 5.63. The number of benzene rings is 4. The molecule has 0 saturated carbocycles. The second-order valence-electron chi connectivity index (χ2n) is 18.6. The molecule has 298 valence electrons. The van der Waals surface area contributed by atoms with Gasteiger partial charge in [-0.2, -0.15) is 0 Å². The molecule has 0 amide bonds. The molecule has 0 atom stereocenters. The Labute approximate surface area is 356 Å². The van der Waals surface area contributed by atoms with Crippen molar-refractivity contribution < 1.29 is 0 Å². The highest BCUT2D eigenvalue weighted by Crippen LogP contribution is 2.42. The average molecular weight is 815 g/mol. The third-order valence-corrected chi connectivity index (χ3v) is 15.2. The molecular weight excluding hydrogens is 761 g/mol. The first kappa shape index (κ1) is 39.4. The maximum Gasteiger partial charge on any atom is 0.0737 e. The van der Waals surface area contributed by atoms with Crippen LogP contribution >= 0.6 is 0 Å². The van der Waals surface area contributed by atoms with Crippen LogP contribution in [0.3, 0.4) is 0 Å². The zero-order valence-electron chi connectivity index (χ0n) is 35.7. The van der Waals surface area contributed by atoms with Gasteiger partial charge in [-0.25, -0.2) is 9.97 Å². The van der Waals surface area contributed by atoms with Gasteiger partial charge in [0, 0.05) is 49.4 Å². The molecule has 0 unspecified atom stereocenters. The minimum absolute atomic E-state index is 0.936. The van der Waals surface area contributed by atoms with Crippen LogP contribution in [0.2, 0.25) is 51.4 Å². The summed E-state index contributed by atoms with van der Waals surface area (Å²) in [5.41, 5.74) is 20.0. The number of aromatic nitrogens is 4. The highest BCUT2D eigenvalue weighted by Gasteiger charge is 2.26. The van der Waals surface area contributed by atoms with E-state index in [1.165, 1.54) is 34.2 Å². The van der Waals surface area contributed by atoms with Gasteiger partial charge in [0.05, 0.1) is 33.8 Å². The molecule has 60 heavy (non-hydrogen) atoms. The molecule has 2 aliphatic heterocycles. The Hall–Kier alpha value is -6.09. The topological polar surface area (TPSA) is 57.4 Å². The van der Waals surface area contributed by atoms with Gasteiger partial charge in [0.25, 0.3) is 0 Å². The van der Waals surface area contributed by atoms with Crippen LogP contribution in [0.4, 0.5) is 0 Å². The summed E-state index contributed by atoms with van der Waals surface area (Å²) in [5.74, 6) is 0. The van der Waals surface area contributed by atoms with Crippen molar-refractivity contribution in [3.8, 4) is 44.5 Å². The zero-order valence-corrected chi connectivity index (χ0v) is 37.7. The number of hydrogen-bond acceptors (Lipinski definition) is 2. The number of fused-ring (bicyclic) bond motifs is 8. The third-order valence-electron chi connectivity index (χ3n) is 11.7. The van der Waals surface area contributed by atoms with E-state index >= 15 is 0 Å². The Morgan fingerprint density at radius 3 is 0.983 bits per heavy atom. The molecule has 0 spiro atoms. The lowest BCUT2D eigenvalue weighted by Crippen LogP contribution is -2.21. The van der Waals surface area contributed by atoms with E-state index in [1.54, 1.807) is 0 Å². The average Bonchev–Trinajstić information content (AvgIpc) is 4.07. The summed E-state index contributed by atoms with van der Waals surface area (Å²) in [6.07, 6.45) is 10.9.